The Labute approximate surface area is 330 Å². The van der Waals surface area contributed by atoms with Gasteiger partial charge in [-0.1, -0.05) is 30.3 Å². The number of carboxylic acids is 1. The van der Waals surface area contributed by atoms with E-state index in [1.165, 1.54) is 4.90 Å². The molecule has 312 valence electrons. The van der Waals surface area contributed by atoms with Crippen LogP contribution in [-0.4, -0.2) is 109 Å². The zero-order valence-corrected chi connectivity index (χ0v) is 35.1. The molecule has 0 radical (unpaired) electrons. The maximum Gasteiger partial charge on any atom is 0.410 e. The summed E-state index contributed by atoms with van der Waals surface area (Å²) in [6, 6.07) is 9.87. The van der Waals surface area contributed by atoms with Gasteiger partial charge in [-0.2, -0.15) is 0 Å². The van der Waals surface area contributed by atoms with Crippen molar-refractivity contribution in [2.45, 2.75) is 142 Å². The second-order valence-corrected chi connectivity index (χ2v) is 18.2. The van der Waals surface area contributed by atoms with Gasteiger partial charge in [-0.15, -0.1) is 0 Å². The highest BCUT2D eigenvalue weighted by atomic mass is 16.6. The zero-order valence-electron chi connectivity index (χ0n) is 35.1. The fraction of sp³-hybridized carbons (Fsp3) is 0.650. The second-order valence-electron chi connectivity index (χ2n) is 18.2. The number of likely N-dealkylation sites (tertiary alicyclic amines) is 2. The number of alkyl carbamates (subject to hydrolysis) is 2. The van der Waals surface area contributed by atoms with Crippen LogP contribution in [0.4, 0.5) is 19.2 Å². The molecule has 2 aliphatic heterocycles. The molecule has 2 fully saturated rings. The van der Waals surface area contributed by atoms with Crippen molar-refractivity contribution in [3.05, 3.63) is 42.4 Å². The summed E-state index contributed by atoms with van der Waals surface area (Å²) < 4.78 is 21.5. The van der Waals surface area contributed by atoms with Crippen LogP contribution in [0.2, 0.25) is 0 Å². The highest BCUT2D eigenvalue weighted by Gasteiger charge is 2.46. The summed E-state index contributed by atoms with van der Waals surface area (Å²) in [6.07, 6.45) is 0.758. The van der Waals surface area contributed by atoms with Crippen LogP contribution in [0, 0.1) is 0 Å². The van der Waals surface area contributed by atoms with Gasteiger partial charge in [0.1, 0.15) is 39.3 Å². The lowest BCUT2D eigenvalue weighted by Crippen LogP contribution is -2.61. The third kappa shape index (κ3) is 13.9. The Morgan fingerprint density at radius 2 is 1.05 bits per heavy atom. The average Bonchev–Trinajstić information content (AvgIpc) is 3.54. The quantitative estimate of drug-likeness (QED) is 0.224. The van der Waals surface area contributed by atoms with Gasteiger partial charge in [0, 0.05) is 26.2 Å². The highest BCUT2D eigenvalue weighted by Crippen LogP contribution is 2.34. The number of carboxylic acid groups (broad SMARTS) is 1. The number of amides is 4. The van der Waals surface area contributed by atoms with Crippen LogP contribution in [0.1, 0.15) is 115 Å². The normalized spacial score (nSPS) is 17.0. The topological polar surface area (TPSA) is 202 Å². The van der Waals surface area contributed by atoms with Gasteiger partial charge in [0.2, 0.25) is 0 Å². The van der Waals surface area contributed by atoms with Crippen molar-refractivity contribution in [1.29, 1.82) is 0 Å². The van der Waals surface area contributed by atoms with Gasteiger partial charge in [0.05, 0.1) is 11.9 Å². The molecule has 0 atom stereocenters. The van der Waals surface area contributed by atoms with Gasteiger partial charge >= 0.3 is 30.3 Å². The fourth-order valence-corrected chi connectivity index (χ4v) is 5.94. The zero-order chi connectivity index (χ0) is 42.3. The summed E-state index contributed by atoms with van der Waals surface area (Å²) in [5.41, 5.74) is -2.89. The van der Waals surface area contributed by atoms with Crippen LogP contribution in [0.3, 0.4) is 0 Å². The van der Waals surface area contributed by atoms with Gasteiger partial charge in [-0.3, -0.25) is 0 Å². The number of hydrogen-bond acceptors (Lipinski definition) is 10. The molecule has 16 heteroatoms. The molecule has 0 spiro atoms. The van der Waals surface area contributed by atoms with Crippen molar-refractivity contribution in [3.8, 4) is 11.3 Å². The van der Waals surface area contributed by atoms with E-state index in [1.54, 1.807) is 52.6 Å². The van der Waals surface area contributed by atoms with E-state index in [2.05, 4.69) is 20.6 Å². The number of hydrogen-bond donors (Lipinski definition) is 4. The predicted molar refractivity (Wildman–Crippen MR) is 209 cm³/mol. The minimum Gasteiger partial charge on any atom is -0.480 e. The Morgan fingerprint density at radius 3 is 1.46 bits per heavy atom. The Bertz CT molecular complexity index is 1670. The van der Waals surface area contributed by atoms with Gasteiger partial charge in [-0.05, 0) is 114 Å². The van der Waals surface area contributed by atoms with Crippen molar-refractivity contribution in [1.82, 2.24) is 30.4 Å². The number of carbonyl (C=O) groups is 5. The van der Waals surface area contributed by atoms with Crippen molar-refractivity contribution in [3.63, 3.8) is 0 Å². The summed E-state index contributed by atoms with van der Waals surface area (Å²) in [4.78, 5) is 72.0. The molecule has 1 aromatic carbocycles. The van der Waals surface area contributed by atoms with Crippen molar-refractivity contribution < 1.29 is 48.0 Å². The van der Waals surface area contributed by atoms with E-state index < -0.39 is 57.7 Å². The van der Waals surface area contributed by atoms with Gasteiger partial charge in [-0.25, -0.2) is 29.0 Å². The molecule has 0 bridgehead atoms. The molecule has 2 aliphatic rings. The maximum atomic E-state index is 12.7. The first-order valence-corrected chi connectivity index (χ1v) is 18.9. The molecule has 0 unspecified atom stereocenters. The first-order chi connectivity index (χ1) is 25.6. The smallest absolute Gasteiger partial charge is 0.410 e. The Hall–Kier alpha value is -5.02. The first-order valence-electron chi connectivity index (χ1n) is 18.9. The molecule has 2 saturated heterocycles. The van der Waals surface area contributed by atoms with E-state index in [4.69, 9.17) is 18.9 Å². The molecular weight excluding hydrogens is 724 g/mol. The Kier molecular flexibility index (Phi) is 14.1. The summed E-state index contributed by atoms with van der Waals surface area (Å²) in [7, 11) is 0. The molecule has 0 aliphatic carbocycles. The monoisotopic (exact) mass is 786 g/mol. The third-order valence-electron chi connectivity index (χ3n) is 8.54. The number of ether oxygens (including phenoxy) is 4. The standard InChI is InChI=1S/C24H34N4O4.C16H28N2O6/c1-22(2,3)31-20(29)27-24(12-14-28(15-13-24)21(30)32-23(4,5)6)19-25-16-18(26-19)17-10-8-7-9-11-17;1-14(2,3)23-12(21)17-16(11(19)20)7-9-18(10-8-16)13(22)24-15(4,5)6/h7-11,16H,12-15H2,1-6H3,(H,25,26)(H,27,29);7-10H2,1-6H3,(H,17,21)(H,19,20). The van der Waals surface area contributed by atoms with Crippen LogP contribution in [0.25, 0.3) is 11.3 Å². The lowest BCUT2D eigenvalue weighted by Gasteiger charge is -2.41. The molecule has 0 saturated carbocycles. The number of nitrogens with one attached hydrogen (secondary N) is 3. The van der Waals surface area contributed by atoms with Crippen molar-refractivity contribution >= 4 is 30.3 Å². The lowest BCUT2D eigenvalue weighted by atomic mass is 9.86. The molecule has 4 rings (SSSR count). The SMILES string of the molecule is CC(C)(C)OC(=O)NC1(C(=O)O)CCN(C(=O)OC(C)(C)C)CC1.CC(C)(C)OC(=O)NC1(c2ncc(-c3ccccc3)[nH]2)CCN(C(=O)OC(C)(C)C)CC1. The number of H-pyrrole nitrogens is 1. The number of rotatable bonds is 5. The summed E-state index contributed by atoms with van der Waals surface area (Å²) in [6.45, 7) is 22.6. The summed E-state index contributed by atoms with van der Waals surface area (Å²) in [5.74, 6) is -0.497. The van der Waals surface area contributed by atoms with Gasteiger partial charge < -0.3 is 49.5 Å². The number of imidazole rings is 1. The Balaban J connectivity index is 0.000000314. The van der Waals surface area contributed by atoms with E-state index in [0.717, 1.165) is 11.3 Å². The predicted octanol–water partition coefficient (Wildman–Crippen LogP) is 7.19. The van der Waals surface area contributed by atoms with Crippen LogP contribution in [0.15, 0.2) is 36.5 Å². The molecular formula is C40H62N6O10. The highest BCUT2D eigenvalue weighted by molar-refractivity contribution is 5.85. The number of carbonyl (C=O) groups excluding carboxylic acids is 4. The minimum atomic E-state index is -1.44. The van der Waals surface area contributed by atoms with Crippen molar-refractivity contribution in [2.24, 2.45) is 0 Å². The molecule has 2 aromatic rings. The first kappa shape index (κ1) is 45.4. The number of nitrogens with zero attached hydrogens (tertiary/aromatic N) is 3. The lowest BCUT2D eigenvalue weighted by molar-refractivity contribution is -0.147. The number of aromatic nitrogens is 2. The Morgan fingerprint density at radius 1 is 0.643 bits per heavy atom. The molecule has 4 amide bonds. The molecule has 16 nitrogen and oxygen atoms in total. The number of aliphatic carboxylic acids is 1. The van der Waals surface area contributed by atoms with E-state index in [-0.39, 0.29) is 32.0 Å². The largest absolute Gasteiger partial charge is 0.480 e. The summed E-state index contributed by atoms with van der Waals surface area (Å²) in [5, 5.41) is 15.0. The van der Waals surface area contributed by atoms with E-state index in [1.807, 2.05) is 71.9 Å². The van der Waals surface area contributed by atoms with Crippen LogP contribution in [0.5, 0.6) is 0 Å². The van der Waals surface area contributed by atoms with E-state index in [9.17, 15) is 29.1 Å². The molecule has 3 heterocycles. The fourth-order valence-electron chi connectivity index (χ4n) is 5.94. The second kappa shape index (κ2) is 17.4. The minimum absolute atomic E-state index is 0.0841. The molecule has 56 heavy (non-hydrogen) atoms. The number of aromatic amines is 1. The van der Waals surface area contributed by atoms with Gasteiger partial charge in [0.15, 0.2) is 0 Å². The maximum absolute atomic E-state index is 12.7. The summed E-state index contributed by atoms with van der Waals surface area (Å²) >= 11 is 0. The van der Waals surface area contributed by atoms with Crippen LogP contribution >= 0.6 is 0 Å². The van der Waals surface area contributed by atoms with Gasteiger partial charge in [0.25, 0.3) is 0 Å². The molecule has 1 aromatic heterocycles. The number of piperidine rings is 2. The van der Waals surface area contributed by atoms with E-state index in [0.29, 0.717) is 31.8 Å². The van der Waals surface area contributed by atoms with E-state index >= 15 is 0 Å². The van der Waals surface area contributed by atoms with Crippen molar-refractivity contribution in [2.75, 3.05) is 26.2 Å². The van der Waals surface area contributed by atoms with Crippen LogP contribution < -0.4 is 10.6 Å². The number of benzene rings is 1. The third-order valence-corrected chi connectivity index (χ3v) is 8.54. The van der Waals surface area contributed by atoms with Crippen LogP contribution in [-0.2, 0) is 29.3 Å². The average molecular weight is 787 g/mol. The molecule has 4 N–H and O–H groups in total.